The highest BCUT2D eigenvalue weighted by Gasteiger charge is 2.23. The molecule has 0 saturated heterocycles. The van der Waals surface area contributed by atoms with Gasteiger partial charge in [-0.25, -0.2) is 0 Å². The predicted molar refractivity (Wildman–Crippen MR) is 60.0 cm³/mol. The fourth-order valence-electron chi connectivity index (χ4n) is 1.81. The second-order valence-corrected chi connectivity index (χ2v) is 4.50. The highest BCUT2D eigenvalue weighted by Crippen LogP contribution is 2.44. The van der Waals surface area contributed by atoms with Crippen LogP contribution in [0, 0.1) is 6.92 Å². The lowest BCUT2D eigenvalue weighted by molar-refractivity contribution is 0.521. The average molecular weight is 202 g/mol. The Bertz CT molecular complexity index is 474. The zero-order valence-electron chi connectivity index (χ0n) is 7.91. The third-order valence-electron chi connectivity index (χ3n) is 2.51. The molecule has 3 rings (SSSR count). The molecule has 1 aliphatic carbocycles. The van der Waals surface area contributed by atoms with Crippen LogP contribution in [0.15, 0.2) is 45.3 Å². The minimum Gasteiger partial charge on any atom is -0.462 e. The monoisotopic (exact) mass is 202 g/mol. The van der Waals surface area contributed by atoms with E-state index in [0.29, 0.717) is 0 Å². The number of allylic oxidation sites excluding steroid dienone is 4. The van der Waals surface area contributed by atoms with Gasteiger partial charge in [-0.1, -0.05) is 12.2 Å². The fraction of sp³-hybridized carbons (Fsp3) is 0.167. The first-order valence-corrected chi connectivity index (χ1v) is 5.64. The summed E-state index contributed by atoms with van der Waals surface area (Å²) in [5.74, 6) is 3.05. The molecular formula is C12H10OS. The van der Waals surface area contributed by atoms with Crippen LogP contribution in [0.2, 0.25) is 0 Å². The summed E-state index contributed by atoms with van der Waals surface area (Å²) in [6, 6.07) is 4.08. The first kappa shape index (κ1) is 8.18. The Morgan fingerprint density at radius 3 is 3.07 bits per heavy atom. The molecule has 0 N–H and O–H groups in total. The molecule has 0 bridgehead atoms. The molecule has 0 saturated carbocycles. The topological polar surface area (TPSA) is 13.1 Å². The van der Waals surface area contributed by atoms with Gasteiger partial charge < -0.3 is 4.42 Å². The average Bonchev–Trinajstić information content (AvgIpc) is 2.77. The summed E-state index contributed by atoms with van der Waals surface area (Å²) in [4.78, 5) is 1.38. The number of thioether (sulfide) groups is 1. The largest absolute Gasteiger partial charge is 0.462 e. The van der Waals surface area contributed by atoms with Crippen molar-refractivity contribution in [1.82, 2.24) is 0 Å². The molecule has 0 unspecified atom stereocenters. The Hall–Kier alpha value is -1.15. The number of aryl methyl sites for hydroxylation is 1. The van der Waals surface area contributed by atoms with E-state index in [1.807, 2.05) is 24.8 Å². The van der Waals surface area contributed by atoms with Crippen LogP contribution in [-0.2, 0) is 0 Å². The Kier molecular flexibility index (Phi) is 1.71. The normalized spacial score (nSPS) is 19.1. The molecule has 0 atom stereocenters. The van der Waals surface area contributed by atoms with Gasteiger partial charge in [-0.15, -0.1) is 11.8 Å². The van der Waals surface area contributed by atoms with Crippen LogP contribution in [0.3, 0.4) is 0 Å². The third-order valence-corrected chi connectivity index (χ3v) is 3.61. The second-order valence-electron chi connectivity index (χ2n) is 3.48. The van der Waals surface area contributed by atoms with Crippen LogP contribution < -0.4 is 0 Å². The lowest BCUT2D eigenvalue weighted by Crippen LogP contribution is -1.82. The van der Waals surface area contributed by atoms with Crippen molar-refractivity contribution < 1.29 is 4.42 Å². The quantitative estimate of drug-likeness (QED) is 0.691. The van der Waals surface area contributed by atoms with E-state index in [4.69, 9.17) is 4.42 Å². The lowest BCUT2D eigenvalue weighted by Gasteiger charge is -1.97. The number of fused-ring (bicyclic) bond motifs is 1. The molecule has 1 aromatic heterocycles. The molecule has 0 amide bonds. The smallest absolute Gasteiger partial charge is 0.131 e. The van der Waals surface area contributed by atoms with Gasteiger partial charge in [0.1, 0.15) is 11.5 Å². The van der Waals surface area contributed by atoms with Crippen molar-refractivity contribution in [3.05, 3.63) is 52.4 Å². The van der Waals surface area contributed by atoms with Crippen LogP contribution >= 0.6 is 11.8 Å². The van der Waals surface area contributed by atoms with Crippen molar-refractivity contribution in [2.24, 2.45) is 0 Å². The summed E-state index contributed by atoms with van der Waals surface area (Å²) in [5, 5.41) is 0. The van der Waals surface area contributed by atoms with E-state index in [1.165, 1.54) is 16.1 Å². The number of furan rings is 1. The Morgan fingerprint density at radius 2 is 2.29 bits per heavy atom. The highest BCUT2D eigenvalue weighted by atomic mass is 32.2. The second kappa shape index (κ2) is 2.92. The highest BCUT2D eigenvalue weighted by molar-refractivity contribution is 8.04. The Labute approximate surface area is 87.2 Å². The molecule has 0 spiro atoms. The van der Waals surface area contributed by atoms with Crippen LogP contribution in [0.1, 0.15) is 11.5 Å². The summed E-state index contributed by atoms with van der Waals surface area (Å²) < 4.78 is 5.64. The molecule has 1 aliphatic heterocycles. The molecule has 1 aromatic rings. The van der Waals surface area contributed by atoms with Crippen LogP contribution in [0.5, 0.6) is 0 Å². The van der Waals surface area contributed by atoms with Crippen molar-refractivity contribution in [3.63, 3.8) is 0 Å². The lowest BCUT2D eigenvalue weighted by atomic mass is 10.1. The van der Waals surface area contributed by atoms with Crippen LogP contribution in [0.4, 0.5) is 0 Å². The minimum atomic E-state index is 0.984. The fourth-order valence-corrected chi connectivity index (χ4v) is 2.93. The zero-order chi connectivity index (χ0) is 9.54. The summed E-state index contributed by atoms with van der Waals surface area (Å²) in [5.41, 5.74) is 2.69. The SMILES string of the molecule is Cc1ccc(C2=C3C=CC=C3SC2)o1. The summed E-state index contributed by atoms with van der Waals surface area (Å²) >= 11 is 1.89. The first-order chi connectivity index (χ1) is 6.84. The standard InChI is InChI=1S/C12H10OS/c1-8-5-6-11(13-8)10-7-14-12-4-2-3-9(10)12/h2-6H,7H2,1H3. The van der Waals surface area contributed by atoms with Gasteiger partial charge in [0.05, 0.1) is 0 Å². The molecule has 0 fully saturated rings. The third kappa shape index (κ3) is 1.11. The summed E-state index contributed by atoms with van der Waals surface area (Å²) in [6.07, 6.45) is 6.44. The van der Waals surface area contributed by atoms with Gasteiger partial charge in [0.15, 0.2) is 0 Å². The molecule has 1 nitrogen and oxygen atoms in total. The minimum absolute atomic E-state index is 0.984. The Balaban J connectivity index is 2.12. The van der Waals surface area contributed by atoms with E-state index in [1.54, 1.807) is 0 Å². The zero-order valence-corrected chi connectivity index (χ0v) is 8.73. The molecular weight excluding hydrogens is 192 g/mol. The van der Waals surface area contributed by atoms with Gasteiger partial charge >= 0.3 is 0 Å². The molecule has 2 heterocycles. The maximum atomic E-state index is 5.64. The van der Waals surface area contributed by atoms with Crippen LogP contribution in [-0.4, -0.2) is 5.75 Å². The van der Waals surface area contributed by atoms with E-state index in [9.17, 15) is 0 Å². The van der Waals surface area contributed by atoms with Gasteiger partial charge in [0.2, 0.25) is 0 Å². The number of rotatable bonds is 1. The Morgan fingerprint density at radius 1 is 1.36 bits per heavy atom. The maximum Gasteiger partial charge on any atom is 0.131 e. The van der Waals surface area contributed by atoms with E-state index in [0.717, 1.165) is 17.3 Å². The number of hydrogen-bond acceptors (Lipinski definition) is 2. The first-order valence-electron chi connectivity index (χ1n) is 4.66. The van der Waals surface area contributed by atoms with Gasteiger partial charge in [0.25, 0.3) is 0 Å². The van der Waals surface area contributed by atoms with Crippen molar-refractivity contribution in [2.45, 2.75) is 6.92 Å². The molecule has 0 radical (unpaired) electrons. The van der Waals surface area contributed by atoms with Crippen molar-refractivity contribution in [1.29, 1.82) is 0 Å². The predicted octanol–water partition coefficient (Wildman–Crippen LogP) is 3.54. The number of hydrogen-bond donors (Lipinski definition) is 0. The van der Waals surface area contributed by atoms with Gasteiger partial charge in [-0.05, 0) is 30.7 Å². The molecule has 2 heteroatoms. The van der Waals surface area contributed by atoms with Crippen molar-refractivity contribution in [3.8, 4) is 0 Å². The maximum absolute atomic E-state index is 5.64. The summed E-state index contributed by atoms with van der Waals surface area (Å²) in [7, 11) is 0. The van der Waals surface area contributed by atoms with Crippen molar-refractivity contribution >= 4 is 17.3 Å². The van der Waals surface area contributed by atoms with Gasteiger partial charge in [0, 0.05) is 16.2 Å². The molecule has 70 valence electrons. The molecule has 2 aliphatic rings. The van der Waals surface area contributed by atoms with Gasteiger partial charge in [-0.2, -0.15) is 0 Å². The van der Waals surface area contributed by atoms with E-state index < -0.39 is 0 Å². The van der Waals surface area contributed by atoms with Gasteiger partial charge in [-0.3, -0.25) is 0 Å². The summed E-state index contributed by atoms with van der Waals surface area (Å²) in [6.45, 7) is 1.98. The van der Waals surface area contributed by atoms with Crippen LogP contribution in [0.25, 0.3) is 5.57 Å². The molecule has 0 aromatic carbocycles. The van der Waals surface area contributed by atoms with E-state index in [-0.39, 0.29) is 0 Å². The van der Waals surface area contributed by atoms with E-state index >= 15 is 0 Å². The van der Waals surface area contributed by atoms with Crippen molar-refractivity contribution in [2.75, 3.05) is 5.75 Å². The molecule has 14 heavy (non-hydrogen) atoms. The van der Waals surface area contributed by atoms with E-state index in [2.05, 4.69) is 24.3 Å².